The van der Waals surface area contributed by atoms with E-state index in [4.69, 9.17) is 9.15 Å². The van der Waals surface area contributed by atoms with Gasteiger partial charge in [0.2, 0.25) is 0 Å². The normalized spacial score (nSPS) is 41.2. The van der Waals surface area contributed by atoms with E-state index in [0.29, 0.717) is 5.78 Å². The minimum Gasteiger partial charge on any atom is -0.469 e. The quantitative estimate of drug-likeness (QED) is 0.540. The van der Waals surface area contributed by atoms with Crippen molar-refractivity contribution < 1.29 is 13.9 Å². The predicted molar refractivity (Wildman–Crippen MR) is 86.2 cm³/mol. The summed E-state index contributed by atoms with van der Waals surface area (Å²) in [5, 5.41) is 0. The monoisotopic (exact) mass is 310 g/mol. The average Bonchev–Trinajstić information content (AvgIpc) is 3.02. The number of allylic oxidation sites excluding steroid dienone is 2. The minimum absolute atomic E-state index is 0.0909. The van der Waals surface area contributed by atoms with E-state index < -0.39 is 0 Å². The number of furan rings is 1. The molecule has 3 aliphatic carbocycles. The van der Waals surface area contributed by atoms with E-state index in [1.807, 2.05) is 13.2 Å². The van der Waals surface area contributed by atoms with Crippen molar-refractivity contribution >= 4 is 5.78 Å². The summed E-state index contributed by atoms with van der Waals surface area (Å²) in [6.07, 6.45) is 4.60. The van der Waals surface area contributed by atoms with E-state index in [1.54, 1.807) is 0 Å². The summed E-state index contributed by atoms with van der Waals surface area (Å²) in [5.74, 6) is 1.74. The van der Waals surface area contributed by atoms with Crippen molar-refractivity contribution in [2.24, 2.45) is 11.8 Å². The lowest BCUT2D eigenvalue weighted by atomic mass is 9.65. The summed E-state index contributed by atoms with van der Waals surface area (Å²) in [5.41, 5.74) is 5.72. The number of hydrogen-bond donors (Lipinski definition) is 0. The number of hydrogen-bond acceptors (Lipinski definition) is 3. The molecule has 1 aromatic heterocycles. The lowest BCUT2D eigenvalue weighted by Crippen LogP contribution is -2.36. The molecule has 5 rings (SSSR count). The van der Waals surface area contributed by atoms with Gasteiger partial charge in [0.05, 0.1) is 6.26 Å². The molecule has 0 aromatic carbocycles. The summed E-state index contributed by atoms with van der Waals surface area (Å²) in [6.45, 7) is 10.7. The van der Waals surface area contributed by atoms with Crippen LogP contribution in [0.4, 0.5) is 0 Å². The van der Waals surface area contributed by atoms with E-state index in [0.717, 1.165) is 30.6 Å². The molecule has 3 nitrogen and oxygen atoms in total. The van der Waals surface area contributed by atoms with Crippen LogP contribution < -0.4 is 0 Å². The Kier molecular flexibility index (Phi) is 2.44. The van der Waals surface area contributed by atoms with Gasteiger partial charge in [0.1, 0.15) is 17.5 Å². The van der Waals surface area contributed by atoms with Crippen LogP contribution in [0.25, 0.3) is 0 Å². The summed E-state index contributed by atoms with van der Waals surface area (Å²) < 4.78 is 12.1. The molecule has 1 aliphatic heterocycles. The first-order valence-corrected chi connectivity index (χ1v) is 8.63. The standard InChI is InChI=1S/C20H22O3/c1-9-5-6-13-14(11(3)8-22-13)17-15(9)16-12(7-10(2)18(16)21)19-20(17,4)23-19/h8,10,15,17,19H,1,5-7H2,2-4H3/t10-,15+,17-,19-,20+/m0/s1. The van der Waals surface area contributed by atoms with Crippen molar-refractivity contribution in [1.29, 1.82) is 0 Å². The van der Waals surface area contributed by atoms with Gasteiger partial charge < -0.3 is 9.15 Å². The van der Waals surface area contributed by atoms with Crippen LogP contribution in [0.15, 0.2) is 34.0 Å². The second-order valence-electron chi connectivity index (χ2n) is 7.96. The highest BCUT2D eigenvalue weighted by Crippen LogP contribution is 2.65. The Balaban J connectivity index is 1.77. The number of fused-ring (bicyclic) bond motifs is 7. The van der Waals surface area contributed by atoms with Gasteiger partial charge in [0.15, 0.2) is 5.78 Å². The second kappa shape index (κ2) is 4.07. The third-order valence-corrected chi connectivity index (χ3v) is 6.53. The van der Waals surface area contributed by atoms with Gasteiger partial charge in [-0.2, -0.15) is 0 Å². The van der Waals surface area contributed by atoms with Gasteiger partial charge in [-0.1, -0.05) is 19.1 Å². The lowest BCUT2D eigenvalue weighted by molar-refractivity contribution is -0.118. The largest absolute Gasteiger partial charge is 0.469 e. The fraction of sp³-hybridized carbons (Fsp3) is 0.550. The predicted octanol–water partition coefficient (Wildman–Crippen LogP) is 3.87. The van der Waals surface area contributed by atoms with E-state index in [9.17, 15) is 4.79 Å². The van der Waals surface area contributed by atoms with Gasteiger partial charge in [0, 0.05) is 35.3 Å². The number of epoxide rings is 1. The van der Waals surface area contributed by atoms with Gasteiger partial charge in [-0.15, -0.1) is 0 Å². The van der Waals surface area contributed by atoms with Gasteiger partial charge in [-0.05, 0) is 37.8 Å². The summed E-state index contributed by atoms with van der Waals surface area (Å²) >= 11 is 0. The Morgan fingerprint density at radius 3 is 2.91 bits per heavy atom. The molecule has 4 aliphatic rings. The fourth-order valence-corrected chi connectivity index (χ4v) is 5.37. The molecule has 1 aromatic rings. The minimum atomic E-state index is -0.204. The number of ketones is 1. The van der Waals surface area contributed by atoms with Gasteiger partial charge in [-0.25, -0.2) is 0 Å². The van der Waals surface area contributed by atoms with E-state index >= 15 is 0 Å². The number of rotatable bonds is 0. The van der Waals surface area contributed by atoms with Crippen LogP contribution in [0, 0.1) is 18.8 Å². The van der Waals surface area contributed by atoms with Crippen LogP contribution in [-0.2, 0) is 16.0 Å². The molecule has 23 heavy (non-hydrogen) atoms. The highest BCUT2D eigenvalue weighted by atomic mass is 16.6. The zero-order valence-electron chi connectivity index (χ0n) is 13.9. The average molecular weight is 310 g/mol. The van der Waals surface area contributed by atoms with Crippen LogP contribution in [0.1, 0.15) is 49.5 Å². The number of aryl methyl sites for hydroxylation is 2. The molecule has 0 radical (unpaired) electrons. The maximum Gasteiger partial charge on any atom is 0.162 e. The molecule has 0 saturated carbocycles. The van der Waals surface area contributed by atoms with Crippen molar-refractivity contribution in [1.82, 2.24) is 0 Å². The Bertz CT molecular complexity index is 796. The number of Topliss-reactive ketones (excluding diaryl/α,β-unsaturated/α-hetero) is 1. The van der Waals surface area contributed by atoms with Crippen LogP contribution in [0.3, 0.4) is 0 Å². The molecule has 5 atom stereocenters. The highest BCUT2D eigenvalue weighted by molar-refractivity contribution is 6.02. The van der Waals surface area contributed by atoms with Gasteiger partial charge in [-0.3, -0.25) is 4.79 Å². The first-order valence-electron chi connectivity index (χ1n) is 8.63. The molecule has 0 N–H and O–H groups in total. The number of carbonyl (C=O) groups excluding carboxylic acids is 1. The molecule has 0 bridgehead atoms. The van der Waals surface area contributed by atoms with Crippen molar-refractivity contribution in [3.8, 4) is 0 Å². The Labute approximate surface area is 136 Å². The lowest BCUT2D eigenvalue weighted by Gasteiger charge is -2.35. The molecular weight excluding hydrogens is 288 g/mol. The summed E-state index contributed by atoms with van der Waals surface area (Å²) in [6, 6.07) is 0. The molecule has 2 heterocycles. The van der Waals surface area contributed by atoms with Crippen molar-refractivity contribution in [3.63, 3.8) is 0 Å². The maximum atomic E-state index is 12.9. The molecule has 1 saturated heterocycles. The Hall–Kier alpha value is -1.61. The van der Waals surface area contributed by atoms with Crippen molar-refractivity contribution in [3.05, 3.63) is 46.4 Å². The zero-order valence-corrected chi connectivity index (χ0v) is 13.9. The fourth-order valence-electron chi connectivity index (χ4n) is 5.37. The van der Waals surface area contributed by atoms with Crippen LogP contribution in [-0.4, -0.2) is 17.5 Å². The van der Waals surface area contributed by atoms with Crippen LogP contribution in [0.2, 0.25) is 0 Å². The molecule has 0 spiro atoms. The van der Waals surface area contributed by atoms with Gasteiger partial charge in [0.25, 0.3) is 0 Å². The summed E-state index contributed by atoms with van der Waals surface area (Å²) in [4.78, 5) is 12.9. The first-order chi connectivity index (χ1) is 10.9. The van der Waals surface area contributed by atoms with E-state index in [-0.39, 0.29) is 29.5 Å². The molecule has 1 fully saturated rings. The second-order valence-corrected chi connectivity index (χ2v) is 7.96. The Morgan fingerprint density at radius 2 is 2.13 bits per heavy atom. The highest BCUT2D eigenvalue weighted by Gasteiger charge is 2.68. The Morgan fingerprint density at radius 1 is 1.35 bits per heavy atom. The zero-order chi connectivity index (χ0) is 16.1. The number of ether oxygens (including phenoxy) is 1. The summed E-state index contributed by atoms with van der Waals surface area (Å²) in [7, 11) is 0. The SMILES string of the molecule is C=C1CCc2occ(C)c2[C@H]2[C@H]1C1=C(C[C@H](C)C1=O)[C@@H]1O[C@@]12C. The number of carbonyl (C=O) groups is 1. The van der Waals surface area contributed by atoms with Crippen molar-refractivity contribution in [2.75, 3.05) is 0 Å². The third-order valence-electron chi connectivity index (χ3n) is 6.53. The molecular formula is C20H22O3. The first kappa shape index (κ1) is 13.8. The molecule has 0 unspecified atom stereocenters. The van der Waals surface area contributed by atoms with Crippen molar-refractivity contribution in [2.45, 2.75) is 57.7 Å². The van der Waals surface area contributed by atoms with Crippen LogP contribution in [0.5, 0.6) is 0 Å². The van der Waals surface area contributed by atoms with E-state index in [1.165, 1.54) is 22.3 Å². The molecule has 3 heteroatoms. The topological polar surface area (TPSA) is 42.7 Å². The third kappa shape index (κ3) is 1.52. The van der Waals surface area contributed by atoms with E-state index in [2.05, 4.69) is 20.4 Å². The molecule has 0 amide bonds. The van der Waals surface area contributed by atoms with Gasteiger partial charge >= 0.3 is 0 Å². The van der Waals surface area contributed by atoms with Crippen LogP contribution >= 0.6 is 0 Å². The maximum absolute atomic E-state index is 12.9. The smallest absolute Gasteiger partial charge is 0.162 e. The molecule has 120 valence electrons.